The molecular weight excluding hydrogens is 292 g/mol. The fraction of sp³-hybridized carbons (Fsp3) is 0.611. The Balaban J connectivity index is 1.56. The molecular formula is C18H26N2O3. The predicted molar refractivity (Wildman–Crippen MR) is 88.9 cm³/mol. The minimum Gasteiger partial charge on any atom is -0.497 e. The summed E-state index contributed by atoms with van der Waals surface area (Å²) in [5, 5.41) is 13.4. The van der Waals surface area contributed by atoms with Crippen molar-refractivity contribution >= 4 is 5.78 Å². The van der Waals surface area contributed by atoms with Gasteiger partial charge in [0.25, 0.3) is 0 Å². The Morgan fingerprint density at radius 1 is 1.22 bits per heavy atom. The fourth-order valence-corrected chi connectivity index (χ4v) is 3.74. The first-order valence-electron chi connectivity index (χ1n) is 8.50. The molecule has 2 aliphatic rings. The molecule has 0 saturated carbocycles. The number of likely N-dealkylation sites (tertiary alicyclic amines) is 1. The third kappa shape index (κ3) is 3.74. The van der Waals surface area contributed by atoms with Gasteiger partial charge in [-0.05, 0) is 63.2 Å². The van der Waals surface area contributed by atoms with Crippen molar-refractivity contribution in [3.63, 3.8) is 0 Å². The van der Waals surface area contributed by atoms with E-state index in [1.807, 2.05) is 24.3 Å². The van der Waals surface area contributed by atoms with Crippen LogP contribution < -0.4 is 10.1 Å². The maximum Gasteiger partial charge on any atom is 0.166 e. The molecule has 3 rings (SSSR count). The molecule has 0 spiro atoms. The van der Waals surface area contributed by atoms with Crippen LogP contribution in [0.3, 0.4) is 0 Å². The van der Waals surface area contributed by atoms with E-state index in [9.17, 15) is 9.90 Å². The minimum absolute atomic E-state index is 0.0958. The highest BCUT2D eigenvalue weighted by molar-refractivity contribution is 5.98. The van der Waals surface area contributed by atoms with Crippen LogP contribution in [0.4, 0.5) is 0 Å². The molecule has 0 bridgehead atoms. The number of hydrogen-bond acceptors (Lipinski definition) is 5. The minimum atomic E-state index is -0.294. The molecule has 2 aliphatic heterocycles. The molecule has 23 heavy (non-hydrogen) atoms. The Kier molecular flexibility index (Phi) is 5.30. The molecule has 2 saturated heterocycles. The van der Waals surface area contributed by atoms with Crippen LogP contribution in [0.2, 0.25) is 0 Å². The molecule has 0 aliphatic carbocycles. The van der Waals surface area contributed by atoms with Crippen molar-refractivity contribution < 1.29 is 14.6 Å². The van der Waals surface area contributed by atoms with E-state index >= 15 is 0 Å². The highest BCUT2D eigenvalue weighted by Crippen LogP contribution is 2.26. The number of methoxy groups -OCH3 is 1. The van der Waals surface area contributed by atoms with Gasteiger partial charge >= 0.3 is 0 Å². The van der Waals surface area contributed by atoms with Gasteiger partial charge in [0, 0.05) is 24.1 Å². The Labute approximate surface area is 137 Å². The highest BCUT2D eigenvalue weighted by Gasteiger charge is 2.33. The quantitative estimate of drug-likeness (QED) is 0.820. The number of benzene rings is 1. The molecule has 0 radical (unpaired) electrons. The number of Topliss-reactive ketones (excluding diaryl/α,β-unsaturated/α-hetero) is 1. The van der Waals surface area contributed by atoms with E-state index in [2.05, 4.69) is 10.2 Å². The summed E-state index contributed by atoms with van der Waals surface area (Å²) in [5.74, 6) is 1.10. The zero-order valence-electron chi connectivity index (χ0n) is 13.7. The summed E-state index contributed by atoms with van der Waals surface area (Å²) < 4.78 is 5.14. The summed E-state index contributed by atoms with van der Waals surface area (Å²) in [6.07, 6.45) is 2.44. The van der Waals surface area contributed by atoms with Crippen LogP contribution >= 0.6 is 0 Å². The van der Waals surface area contributed by atoms with E-state index in [0.717, 1.165) is 50.2 Å². The first kappa shape index (κ1) is 16.4. The number of aliphatic hydroxyl groups excluding tert-OH is 1. The number of carbonyl (C=O) groups excluding carboxylic acids is 1. The van der Waals surface area contributed by atoms with E-state index in [4.69, 9.17) is 4.74 Å². The number of nitrogens with one attached hydrogen (secondary N) is 1. The second-order valence-corrected chi connectivity index (χ2v) is 6.53. The number of nitrogens with zero attached hydrogens (tertiary/aromatic N) is 1. The molecule has 1 aromatic rings. The Morgan fingerprint density at radius 3 is 2.52 bits per heavy atom. The molecule has 2 atom stereocenters. The Hall–Kier alpha value is -1.43. The summed E-state index contributed by atoms with van der Waals surface area (Å²) in [6.45, 7) is 3.43. The number of rotatable bonds is 4. The van der Waals surface area contributed by atoms with Crippen molar-refractivity contribution in [1.29, 1.82) is 0 Å². The number of ether oxygens (including phenoxy) is 1. The van der Waals surface area contributed by atoms with E-state index in [1.165, 1.54) is 0 Å². The number of ketones is 1. The van der Waals surface area contributed by atoms with Crippen LogP contribution in [0.5, 0.6) is 5.75 Å². The molecule has 2 N–H and O–H groups in total. The van der Waals surface area contributed by atoms with Gasteiger partial charge in [-0.15, -0.1) is 0 Å². The standard InChI is InChI=1S/C18H26N2O3/c1-23-15-4-2-13(3-5-15)18(22)14-7-10-20(11-8-14)16-6-9-19-12-17(16)21/h2-5,14,16-17,19,21H,6-12H2,1H3. The van der Waals surface area contributed by atoms with Crippen molar-refractivity contribution in [3.8, 4) is 5.75 Å². The van der Waals surface area contributed by atoms with Crippen LogP contribution in [0.15, 0.2) is 24.3 Å². The fourth-order valence-electron chi connectivity index (χ4n) is 3.74. The largest absolute Gasteiger partial charge is 0.497 e. The molecule has 5 nitrogen and oxygen atoms in total. The Bertz CT molecular complexity index is 524. The number of aliphatic hydroxyl groups is 1. The summed E-state index contributed by atoms with van der Waals surface area (Å²) in [5.41, 5.74) is 0.770. The zero-order valence-corrected chi connectivity index (χ0v) is 13.7. The molecule has 2 unspecified atom stereocenters. The smallest absolute Gasteiger partial charge is 0.166 e. The Morgan fingerprint density at radius 2 is 1.91 bits per heavy atom. The lowest BCUT2D eigenvalue weighted by molar-refractivity contribution is 0.0127. The van der Waals surface area contributed by atoms with Gasteiger partial charge in [-0.1, -0.05) is 0 Å². The average molecular weight is 318 g/mol. The van der Waals surface area contributed by atoms with Crippen molar-refractivity contribution in [2.45, 2.75) is 31.4 Å². The van der Waals surface area contributed by atoms with Crippen LogP contribution in [-0.2, 0) is 0 Å². The molecule has 1 aromatic carbocycles. The lowest BCUT2D eigenvalue weighted by Crippen LogP contribution is -2.55. The summed E-state index contributed by atoms with van der Waals surface area (Å²) >= 11 is 0. The SMILES string of the molecule is COc1ccc(C(=O)C2CCN(C3CCNCC3O)CC2)cc1. The van der Waals surface area contributed by atoms with Crippen molar-refractivity contribution in [1.82, 2.24) is 10.2 Å². The number of piperidine rings is 2. The molecule has 126 valence electrons. The van der Waals surface area contributed by atoms with Crippen LogP contribution in [0, 0.1) is 5.92 Å². The van der Waals surface area contributed by atoms with Crippen LogP contribution in [0.25, 0.3) is 0 Å². The van der Waals surface area contributed by atoms with E-state index in [1.54, 1.807) is 7.11 Å². The number of hydrogen-bond donors (Lipinski definition) is 2. The van der Waals surface area contributed by atoms with Gasteiger partial charge in [0.1, 0.15) is 5.75 Å². The zero-order chi connectivity index (χ0) is 16.2. The maximum absolute atomic E-state index is 12.6. The van der Waals surface area contributed by atoms with E-state index < -0.39 is 0 Å². The second-order valence-electron chi connectivity index (χ2n) is 6.53. The first-order chi connectivity index (χ1) is 11.2. The third-order valence-electron chi connectivity index (χ3n) is 5.16. The molecule has 0 aromatic heterocycles. The lowest BCUT2D eigenvalue weighted by Gasteiger charge is -2.41. The second kappa shape index (κ2) is 7.43. The van der Waals surface area contributed by atoms with E-state index in [-0.39, 0.29) is 23.8 Å². The van der Waals surface area contributed by atoms with Crippen LogP contribution in [-0.4, -0.2) is 61.2 Å². The van der Waals surface area contributed by atoms with Crippen molar-refractivity contribution in [3.05, 3.63) is 29.8 Å². The normalized spacial score (nSPS) is 26.9. The van der Waals surface area contributed by atoms with E-state index in [0.29, 0.717) is 6.54 Å². The lowest BCUT2D eigenvalue weighted by atomic mass is 9.87. The maximum atomic E-state index is 12.6. The van der Waals surface area contributed by atoms with Gasteiger partial charge in [0.2, 0.25) is 0 Å². The first-order valence-corrected chi connectivity index (χ1v) is 8.50. The average Bonchev–Trinajstić information content (AvgIpc) is 2.62. The van der Waals surface area contributed by atoms with Gasteiger partial charge < -0.3 is 15.2 Å². The van der Waals surface area contributed by atoms with Gasteiger partial charge in [0.05, 0.1) is 13.2 Å². The highest BCUT2D eigenvalue weighted by atomic mass is 16.5. The van der Waals surface area contributed by atoms with Crippen molar-refractivity contribution in [2.75, 3.05) is 33.3 Å². The topological polar surface area (TPSA) is 61.8 Å². The number of carbonyl (C=O) groups is 1. The summed E-state index contributed by atoms with van der Waals surface area (Å²) in [6, 6.07) is 7.63. The molecule has 2 heterocycles. The predicted octanol–water partition coefficient (Wildman–Crippen LogP) is 1.31. The summed E-state index contributed by atoms with van der Waals surface area (Å²) in [4.78, 5) is 15.0. The van der Waals surface area contributed by atoms with Crippen LogP contribution in [0.1, 0.15) is 29.6 Å². The monoisotopic (exact) mass is 318 g/mol. The van der Waals surface area contributed by atoms with Gasteiger partial charge in [-0.2, -0.15) is 0 Å². The van der Waals surface area contributed by atoms with Gasteiger partial charge in [0.15, 0.2) is 5.78 Å². The third-order valence-corrected chi connectivity index (χ3v) is 5.16. The molecule has 5 heteroatoms. The van der Waals surface area contributed by atoms with Crippen molar-refractivity contribution in [2.24, 2.45) is 5.92 Å². The van der Waals surface area contributed by atoms with Gasteiger partial charge in [-0.25, -0.2) is 0 Å². The molecule has 2 fully saturated rings. The molecule has 0 amide bonds. The van der Waals surface area contributed by atoms with Gasteiger partial charge in [-0.3, -0.25) is 9.69 Å². The summed E-state index contributed by atoms with van der Waals surface area (Å²) in [7, 11) is 1.63. The number of β-amino-alcohol motifs (C(OH)–C–C–N with tert-alkyl or cyclic N) is 1.